The number of alkyl halides is 3. The summed E-state index contributed by atoms with van der Waals surface area (Å²) >= 11 is 0.238. The van der Waals surface area contributed by atoms with Crippen LogP contribution in [0.2, 0.25) is 0 Å². The molecule has 1 unspecified atom stereocenters. The van der Waals surface area contributed by atoms with Gasteiger partial charge in [0.2, 0.25) is 0 Å². The SMILES string of the molecule is C=C(OCC)C(C)(CC)Oc1ccc([Se]Cc2ccc(-c3ccc(C(F)(F)F)cc3)cc2)cc1C. The molecule has 3 rings (SSSR count). The van der Waals surface area contributed by atoms with Gasteiger partial charge in [0.25, 0.3) is 0 Å². The fourth-order valence-electron chi connectivity index (χ4n) is 3.53. The minimum absolute atomic E-state index is 0.238. The molecule has 3 aromatic rings. The van der Waals surface area contributed by atoms with Gasteiger partial charge in [0.05, 0.1) is 0 Å². The van der Waals surface area contributed by atoms with Gasteiger partial charge in [0, 0.05) is 0 Å². The molecule has 0 amide bonds. The van der Waals surface area contributed by atoms with E-state index >= 15 is 0 Å². The van der Waals surface area contributed by atoms with Crippen LogP contribution in [0.4, 0.5) is 13.2 Å². The van der Waals surface area contributed by atoms with E-state index < -0.39 is 17.3 Å². The van der Waals surface area contributed by atoms with Crippen molar-refractivity contribution in [2.45, 2.75) is 51.2 Å². The van der Waals surface area contributed by atoms with Gasteiger partial charge in [-0.25, -0.2) is 0 Å². The molecule has 0 saturated carbocycles. The summed E-state index contributed by atoms with van der Waals surface area (Å²) in [5.74, 6) is 1.46. The predicted molar refractivity (Wildman–Crippen MR) is 137 cm³/mol. The van der Waals surface area contributed by atoms with E-state index in [0.717, 1.165) is 46.3 Å². The number of rotatable bonds is 10. The molecular weight excluding hydrogens is 516 g/mol. The quantitative estimate of drug-likeness (QED) is 0.196. The number of hydrogen-bond donors (Lipinski definition) is 0. The van der Waals surface area contributed by atoms with Crippen LogP contribution in [0.1, 0.15) is 43.9 Å². The third-order valence-electron chi connectivity index (χ3n) is 5.97. The van der Waals surface area contributed by atoms with E-state index in [2.05, 4.69) is 25.6 Å². The summed E-state index contributed by atoms with van der Waals surface area (Å²) in [4.78, 5) is 0. The van der Waals surface area contributed by atoms with Crippen LogP contribution in [0.25, 0.3) is 11.1 Å². The standard InChI is InChI=1S/C29H31F3O2Se/c1-6-28(5,21(4)33-7-2)34-27-17-16-26(18-20(27)3)35-19-22-8-10-23(11-9-22)24-12-14-25(15-13-24)29(30,31)32/h8-18H,4,6-7,19H2,1-3,5H3. The molecule has 0 N–H and O–H groups in total. The van der Waals surface area contributed by atoms with E-state index in [1.165, 1.54) is 22.2 Å². The van der Waals surface area contributed by atoms with Crippen molar-refractivity contribution in [3.63, 3.8) is 0 Å². The molecule has 0 fully saturated rings. The topological polar surface area (TPSA) is 18.5 Å². The summed E-state index contributed by atoms with van der Waals surface area (Å²) in [5.41, 5.74) is 2.73. The van der Waals surface area contributed by atoms with Crippen molar-refractivity contribution in [1.82, 2.24) is 0 Å². The first kappa shape index (κ1) is 26.9. The van der Waals surface area contributed by atoms with Crippen molar-refractivity contribution in [2.75, 3.05) is 6.61 Å². The molecule has 3 aromatic carbocycles. The zero-order valence-corrected chi connectivity index (χ0v) is 22.3. The summed E-state index contributed by atoms with van der Waals surface area (Å²) in [6.07, 6.45) is -3.57. The van der Waals surface area contributed by atoms with Gasteiger partial charge in [-0.05, 0) is 0 Å². The van der Waals surface area contributed by atoms with Crippen molar-refractivity contribution in [3.8, 4) is 16.9 Å². The van der Waals surface area contributed by atoms with E-state index in [4.69, 9.17) is 9.47 Å². The summed E-state index contributed by atoms with van der Waals surface area (Å²) < 4.78 is 51.6. The van der Waals surface area contributed by atoms with Crippen molar-refractivity contribution in [1.29, 1.82) is 0 Å². The Balaban J connectivity index is 1.63. The van der Waals surface area contributed by atoms with E-state index in [9.17, 15) is 13.2 Å². The minimum atomic E-state index is -4.32. The summed E-state index contributed by atoms with van der Waals surface area (Å²) in [6, 6.07) is 19.6. The number of hydrogen-bond acceptors (Lipinski definition) is 2. The van der Waals surface area contributed by atoms with Gasteiger partial charge >= 0.3 is 213 Å². The van der Waals surface area contributed by atoms with E-state index in [1.807, 2.05) is 51.1 Å². The Hall–Kier alpha value is -2.69. The van der Waals surface area contributed by atoms with Crippen LogP contribution >= 0.6 is 0 Å². The molecule has 0 bridgehead atoms. The van der Waals surface area contributed by atoms with Crippen LogP contribution in [0.15, 0.2) is 79.1 Å². The molecule has 0 saturated heterocycles. The molecule has 2 nitrogen and oxygen atoms in total. The van der Waals surface area contributed by atoms with E-state index in [-0.39, 0.29) is 15.0 Å². The van der Waals surface area contributed by atoms with Gasteiger partial charge in [0.1, 0.15) is 0 Å². The number of halogens is 3. The molecule has 0 heterocycles. The van der Waals surface area contributed by atoms with Crippen LogP contribution in [-0.2, 0) is 16.2 Å². The average Bonchev–Trinajstić information content (AvgIpc) is 2.84. The fraction of sp³-hybridized carbons (Fsp3) is 0.310. The second-order valence-electron chi connectivity index (χ2n) is 8.53. The maximum atomic E-state index is 12.8. The Kier molecular flexibility index (Phi) is 8.74. The van der Waals surface area contributed by atoms with Crippen molar-refractivity contribution in [2.24, 2.45) is 0 Å². The molecule has 0 aromatic heterocycles. The first-order valence-electron chi connectivity index (χ1n) is 11.6. The monoisotopic (exact) mass is 548 g/mol. The average molecular weight is 548 g/mol. The first-order valence-corrected chi connectivity index (χ1v) is 13.6. The summed E-state index contributed by atoms with van der Waals surface area (Å²) in [5, 5.41) is 0.924. The second kappa shape index (κ2) is 11.4. The van der Waals surface area contributed by atoms with E-state index in [1.54, 1.807) is 0 Å². The van der Waals surface area contributed by atoms with Crippen LogP contribution in [0, 0.1) is 6.92 Å². The second-order valence-corrected chi connectivity index (χ2v) is 10.7. The van der Waals surface area contributed by atoms with Crippen LogP contribution < -0.4 is 9.20 Å². The number of aryl methyl sites for hydroxylation is 1. The molecule has 0 aliphatic heterocycles. The molecule has 186 valence electrons. The first-order chi connectivity index (χ1) is 16.6. The third-order valence-corrected chi connectivity index (χ3v) is 8.20. The van der Waals surface area contributed by atoms with Gasteiger partial charge in [-0.3, -0.25) is 0 Å². The molecule has 0 aliphatic carbocycles. The Morgan fingerprint density at radius 1 is 0.914 bits per heavy atom. The third kappa shape index (κ3) is 6.93. The molecule has 35 heavy (non-hydrogen) atoms. The van der Waals surface area contributed by atoms with Crippen LogP contribution in [-0.4, -0.2) is 27.2 Å². The van der Waals surface area contributed by atoms with Crippen molar-refractivity contribution >= 4 is 19.4 Å². The maximum absolute atomic E-state index is 12.8. The molecule has 6 heteroatoms. The molecular formula is C29H31F3O2Se. The fourth-order valence-corrected chi connectivity index (χ4v) is 5.53. The Labute approximate surface area is 212 Å². The molecule has 0 spiro atoms. The van der Waals surface area contributed by atoms with Gasteiger partial charge in [0.15, 0.2) is 0 Å². The summed E-state index contributed by atoms with van der Waals surface area (Å²) in [7, 11) is 0. The Morgan fingerprint density at radius 2 is 1.51 bits per heavy atom. The number of ether oxygens (including phenoxy) is 2. The van der Waals surface area contributed by atoms with Crippen LogP contribution in [0.5, 0.6) is 5.75 Å². The van der Waals surface area contributed by atoms with Crippen molar-refractivity contribution in [3.05, 3.63) is 95.8 Å². The predicted octanol–water partition coefficient (Wildman–Crippen LogP) is 7.31. The number of benzene rings is 3. The molecule has 0 aliphatic rings. The molecule has 0 radical (unpaired) electrons. The van der Waals surface area contributed by atoms with E-state index in [0.29, 0.717) is 12.4 Å². The zero-order valence-electron chi connectivity index (χ0n) is 20.5. The van der Waals surface area contributed by atoms with Crippen molar-refractivity contribution < 1.29 is 22.6 Å². The van der Waals surface area contributed by atoms with Gasteiger partial charge in [-0.1, -0.05) is 0 Å². The van der Waals surface area contributed by atoms with Crippen LogP contribution in [0.3, 0.4) is 0 Å². The van der Waals surface area contributed by atoms with Gasteiger partial charge in [-0.2, -0.15) is 0 Å². The zero-order chi connectivity index (χ0) is 25.6. The Bertz CT molecular complexity index is 1140. The van der Waals surface area contributed by atoms with Gasteiger partial charge in [-0.15, -0.1) is 0 Å². The van der Waals surface area contributed by atoms with Gasteiger partial charge < -0.3 is 0 Å². The normalized spacial score (nSPS) is 13.2. The molecule has 1 atom stereocenters. The Morgan fingerprint density at radius 3 is 2.03 bits per heavy atom. The summed E-state index contributed by atoms with van der Waals surface area (Å²) in [6.45, 7) is 12.6.